The minimum atomic E-state index is -3.73. The molecule has 1 aromatic heterocycles. The molecule has 0 saturated heterocycles. The van der Waals surface area contributed by atoms with Crippen LogP contribution < -0.4 is 9.46 Å². The number of fused-ring (bicyclic) bond motifs is 3. The molecule has 0 radical (unpaired) electrons. The second-order valence-corrected chi connectivity index (χ2v) is 8.19. The van der Waals surface area contributed by atoms with Crippen LogP contribution in [-0.4, -0.2) is 13.6 Å². The molecule has 0 spiro atoms. The van der Waals surface area contributed by atoms with Gasteiger partial charge in [-0.25, -0.2) is 8.42 Å². The molecule has 1 aliphatic heterocycles. The Kier molecular flexibility index (Phi) is 3.96. The van der Waals surface area contributed by atoms with Gasteiger partial charge in [0.15, 0.2) is 5.76 Å². The summed E-state index contributed by atoms with van der Waals surface area (Å²) in [6.45, 7) is 4.54. The molecule has 3 aromatic rings. The summed E-state index contributed by atoms with van der Waals surface area (Å²) in [6, 6.07) is 12.1. The molecule has 0 atom stereocenters. The summed E-state index contributed by atoms with van der Waals surface area (Å²) in [5.41, 5.74) is 3.05. The topological polar surface area (TPSA) is 81.4 Å². The lowest BCUT2D eigenvalue weighted by molar-refractivity contribution is 0.297. The van der Waals surface area contributed by atoms with Gasteiger partial charge in [-0.05, 0) is 41.8 Å². The predicted molar refractivity (Wildman–Crippen MR) is 97.6 cm³/mol. The number of benzene rings is 2. The highest BCUT2D eigenvalue weighted by Gasteiger charge is 2.24. The van der Waals surface area contributed by atoms with E-state index in [9.17, 15) is 8.42 Å². The first-order valence-electron chi connectivity index (χ1n) is 8.27. The van der Waals surface area contributed by atoms with E-state index >= 15 is 0 Å². The molecule has 2 aromatic carbocycles. The normalized spacial score (nSPS) is 13.0. The van der Waals surface area contributed by atoms with Crippen molar-refractivity contribution in [3.8, 4) is 17.1 Å². The third kappa shape index (κ3) is 2.94. The lowest BCUT2D eigenvalue weighted by Gasteiger charge is -2.17. The van der Waals surface area contributed by atoms with Crippen LogP contribution in [0.15, 0.2) is 58.1 Å². The number of hydrogen-bond donors (Lipinski definition) is 1. The Hall–Kier alpha value is -2.80. The van der Waals surface area contributed by atoms with Gasteiger partial charge in [-0.2, -0.15) is 0 Å². The molecule has 2 heterocycles. The highest BCUT2D eigenvalue weighted by molar-refractivity contribution is 7.92. The van der Waals surface area contributed by atoms with Crippen LogP contribution in [0.25, 0.3) is 11.3 Å². The number of nitrogens with one attached hydrogen (secondary N) is 1. The van der Waals surface area contributed by atoms with Crippen molar-refractivity contribution in [2.24, 2.45) is 0 Å². The van der Waals surface area contributed by atoms with Crippen molar-refractivity contribution in [3.05, 3.63) is 59.8 Å². The third-order valence-electron chi connectivity index (χ3n) is 4.36. The van der Waals surface area contributed by atoms with Gasteiger partial charge >= 0.3 is 0 Å². The first-order chi connectivity index (χ1) is 12.4. The van der Waals surface area contributed by atoms with E-state index in [0.717, 1.165) is 11.1 Å². The van der Waals surface area contributed by atoms with Crippen LogP contribution in [0.1, 0.15) is 30.9 Å². The number of nitrogens with zero attached hydrogens (tertiary/aromatic N) is 1. The Balaban J connectivity index is 1.66. The van der Waals surface area contributed by atoms with Crippen molar-refractivity contribution in [2.75, 3.05) is 4.72 Å². The van der Waals surface area contributed by atoms with Crippen molar-refractivity contribution >= 4 is 15.7 Å². The number of rotatable bonds is 4. The van der Waals surface area contributed by atoms with Gasteiger partial charge in [-0.3, -0.25) is 4.72 Å². The Morgan fingerprint density at radius 2 is 1.88 bits per heavy atom. The van der Waals surface area contributed by atoms with Crippen molar-refractivity contribution in [3.63, 3.8) is 0 Å². The fraction of sp³-hybridized carbons (Fsp3) is 0.211. The lowest BCUT2D eigenvalue weighted by atomic mass is 10.0. The molecule has 0 saturated carbocycles. The summed E-state index contributed by atoms with van der Waals surface area (Å²) in [7, 11) is -3.73. The Labute approximate surface area is 151 Å². The van der Waals surface area contributed by atoms with Gasteiger partial charge in [-0.15, -0.1) is 0 Å². The molecule has 0 aliphatic carbocycles. The first-order valence-corrected chi connectivity index (χ1v) is 9.76. The maximum atomic E-state index is 12.8. The predicted octanol–water partition coefficient (Wildman–Crippen LogP) is 4.16. The molecule has 134 valence electrons. The molecule has 0 bridgehead atoms. The lowest BCUT2D eigenvalue weighted by Crippen LogP contribution is -2.14. The van der Waals surface area contributed by atoms with Crippen LogP contribution >= 0.6 is 0 Å². The van der Waals surface area contributed by atoms with Crippen LogP contribution in [-0.2, 0) is 16.6 Å². The zero-order valence-corrected chi connectivity index (χ0v) is 15.2. The third-order valence-corrected chi connectivity index (χ3v) is 5.74. The summed E-state index contributed by atoms with van der Waals surface area (Å²) >= 11 is 0. The quantitative estimate of drug-likeness (QED) is 0.746. The number of aromatic nitrogens is 1. The smallest absolute Gasteiger partial charge is 0.261 e. The number of sulfonamides is 1. The number of hydrogen-bond acceptors (Lipinski definition) is 5. The molecular weight excluding hydrogens is 352 g/mol. The van der Waals surface area contributed by atoms with Crippen LogP contribution in [0, 0.1) is 0 Å². The zero-order valence-electron chi connectivity index (χ0n) is 14.4. The maximum absolute atomic E-state index is 12.8. The van der Waals surface area contributed by atoms with E-state index in [4.69, 9.17) is 9.26 Å². The molecule has 0 fully saturated rings. The van der Waals surface area contributed by atoms with Crippen LogP contribution in [0.5, 0.6) is 5.75 Å². The average molecular weight is 370 g/mol. The average Bonchev–Trinajstić information content (AvgIpc) is 3.10. The van der Waals surface area contributed by atoms with E-state index in [0.29, 0.717) is 35.3 Å². The van der Waals surface area contributed by atoms with Crippen molar-refractivity contribution in [1.82, 2.24) is 5.16 Å². The summed E-state index contributed by atoms with van der Waals surface area (Å²) in [5.74, 6) is 1.51. The zero-order chi connectivity index (χ0) is 18.3. The highest BCUT2D eigenvalue weighted by Crippen LogP contribution is 2.38. The molecular formula is C19H18N2O4S. The van der Waals surface area contributed by atoms with Crippen molar-refractivity contribution in [2.45, 2.75) is 31.3 Å². The highest BCUT2D eigenvalue weighted by atomic mass is 32.2. The van der Waals surface area contributed by atoms with Gasteiger partial charge in [0.25, 0.3) is 10.0 Å². The van der Waals surface area contributed by atoms with Gasteiger partial charge in [-0.1, -0.05) is 31.1 Å². The first kappa shape index (κ1) is 16.7. The fourth-order valence-electron chi connectivity index (χ4n) is 2.87. The second kappa shape index (κ2) is 6.17. The molecule has 1 aliphatic rings. The summed E-state index contributed by atoms with van der Waals surface area (Å²) in [5, 5.41) is 3.76. The van der Waals surface area contributed by atoms with E-state index in [1.807, 2.05) is 12.1 Å². The van der Waals surface area contributed by atoms with E-state index in [1.54, 1.807) is 30.5 Å². The largest absolute Gasteiger partial charge is 0.488 e. The Morgan fingerprint density at radius 3 is 2.62 bits per heavy atom. The fourth-order valence-corrected chi connectivity index (χ4v) is 3.95. The van der Waals surface area contributed by atoms with E-state index < -0.39 is 10.0 Å². The minimum Gasteiger partial charge on any atom is -0.488 e. The molecule has 4 rings (SSSR count). The van der Waals surface area contributed by atoms with Crippen LogP contribution in [0.2, 0.25) is 0 Å². The molecule has 7 heteroatoms. The van der Waals surface area contributed by atoms with E-state index in [1.165, 1.54) is 6.07 Å². The molecule has 26 heavy (non-hydrogen) atoms. The van der Waals surface area contributed by atoms with E-state index in [2.05, 4.69) is 23.7 Å². The van der Waals surface area contributed by atoms with Crippen molar-refractivity contribution in [1.29, 1.82) is 0 Å². The maximum Gasteiger partial charge on any atom is 0.261 e. The molecule has 0 unspecified atom stereocenters. The van der Waals surface area contributed by atoms with Gasteiger partial charge < -0.3 is 9.26 Å². The van der Waals surface area contributed by atoms with E-state index in [-0.39, 0.29) is 4.90 Å². The Morgan fingerprint density at radius 1 is 1.12 bits per heavy atom. The number of ether oxygens (including phenoxy) is 1. The second-order valence-electron chi connectivity index (χ2n) is 6.51. The van der Waals surface area contributed by atoms with Crippen molar-refractivity contribution < 1.29 is 17.7 Å². The number of anilines is 1. The van der Waals surface area contributed by atoms with Gasteiger partial charge in [0.05, 0.1) is 22.2 Å². The molecule has 1 N–H and O–H groups in total. The molecule has 0 amide bonds. The minimum absolute atomic E-state index is 0.136. The molecule has 6 nitrogen and oxygen atoms in total. The Bertz CT molecular complexity index is 1050. The van der Waals surface area contributed by atoms with Crippen LogP contribution in [0.3, 0.4) is 0 Å². The van der Waals surface area contributed by atoms with Gasteiger partial charge in [0.2, 0.25) is 0 Å². The van der Waals surface area contributed by atoms with Crippen LogP contribution in [0.4, 0.5) is 5.69 Å². The SMILES string of the molecule is CC(C)c1ccc(NS(=O)(=O)c2ccc3c(c2)-c2oncc2CO3)cc1. The monoisotopic (exact) mass is 370 g/mol. The summed E-state index contributed by atoms with van der Waals surface area (Å²) < 4.78 is 39.0. The van der Waals surface area contributed by atoms with Gasteiger partial charge in [0.1, 0.15) is 12.4 Å². The standard InChI is InChI=1S/C19H18N2O4S/c1-12(2)13-3-5-15(6-4-13)21-26(22,23)16-7-8-18-17(9-16)19-14(11-24-18)10-20-25-19/h3-10,12,21H,11H2,1-2H3. The van der Waals surface area contributed by atoms with Gasteiger partial charge in [0, 0.05) is 5.69 Å². The summed E-state index contributed by atoms with van der Waals surface area (Å²) in [6.07, 6.45) is 1.58. The summed E-state index contributed by atoms with van der Waals surface area (Å²) in [4.78, 5) is 0.136.